The molecule has 0 amide bonds. The van der Waals surface area contributed by atoms with E-state index in [1.54, 1.807) is 0 Å². The zero-order chi connectivity index (χ0) is 13.7. The predicted octanol–water partition coefficient (Wildman–Crippen LogP) is 3.13. The molecule has 0 spiro atoms. The van der Waals surface area contributed by atoms with Crippen molar-refractivity contribution in [1.82, 2.24) is 4.90 Å². The molecule has 1 aliphatic rings. The smallest absolute Gasteiger partial charge is 0.122 e. The second-order valence-corrected chi connectivity index (χ2v) is 5.47. The number of benzene rings is 1. The van der Waals surface area contributed by atoms with E-state index in [0.29, 0.717) is 0 Å². The largest absolute Gasteiger partial charge is 0.384 e. The van der Waals surface area contributed by atoms with E-state index in [1.807, 2.05) is 12.1 Å². The van der Waals surface area contributed by atoms with Crippen molar-refractivity contribution in [1.29, 1.82) is 5.41 Å². The maximum absolute atomic E-state index is 7.41. The lowest BCUT2D eigenvalue weighted by Gasteiger charge is -2.33. The van der Waals surface area contributed by atoms with E-state index in [1.165, 1.54) is 37.7 Å². The van der Waals surface area contributed by atoms with E-state index < -0.39 is 0 Å². The summed E-state index contributed by atoms with van der Waals surface area (Å²) in [5.74, 6) is 0.145. The van der Waals surface area contributed by atoms with E-state index in [2.05, 4.69) is 24.0 Å². The molecule has 3 N–H and O–H groups in total. The van der Waals surface area contributed by atoms with Gasteiger partial charge in [0.25, 0.3) is 0 Å². The molecule has 0 atom stereocenters. The van der Waals surface area contributed by atoms with Crippen LogP contribution in [0.25, 0.3) is 0 Å². The van der Waals surface area contributed by atoms with Crippen molar-refractivity contribution in [3.05, 3.63) is 35.4 Å². The summed E-state index contributed by atoms with van der Waals surface area (Å²) in [5.41, 5.74) is 7.61. The summed E-state index contributed by atoms with van der Waals surface area (Å²) in [4.78, 5) is 2.59. The Morgan fingerprint density at radius 2 is 1.84 bits per heavy atom. The Balaban J connectivity index is 1.99. The molecular weight excluding hydrogens is 234 g/mol. The van der Waals surface area contributed by atoms with Gasteiger partial charge >= 0.3 is 0 Å². The van der Waals surface area contributed by atoms with Crippen LogP contribution in [0.2, 0.25) is 0 Å². The summed E-state index contributed by atoms with van der Waals surface area (Å²) in [6, 6.07) is 8.86. The lowest BCUT2D eigenvalue weighted by Crippen LogP contribution is -2.36. The Kier molecular flexibility index (Phi) is 4.97. The van der Waals surface area contributed by atoms with Crippen LogP contribution in [-0.4, -0.2) is 23.3 Å². The van der Waals surface area contributed by atoms with Gasteiger partial charge in [-0.2, -0.15) is 0 Å². The first kappa shape index (κ1) is 14.1. The van der Waals surface area contributed by atoms with Gasteiger partial charge in [0.2, 0.25) is 0 Å². The van der Waals surface area contributed by atoms with E-state index in [9.17, 15) is 0 Å². The van der Waals surface area contributed by atoms with Crippen LogP contribution in [0.15, 0.2) is 24.3 Å². The Bertz CT molecular complexity index is 405. The zero-order valence-corrected chi connectivity index (χ0v) is 11.9. The molecule has 0 bridgehead atoms. The van der Waals surface area contributed by atoms with Gasteiger partial charge in [0.15, 0.2) is 0 Å². The summed E-state index contributed by atoms with van der Waals surface area (Å²) < 4.78 is 0. The molecule has 3 heteroatoms. The van der Waals surface area contributed by atoms with Gasteiger partial charge in [0.1, 0.15) is 5.84 Å². The number of nitrogens with two attached hydrogens (primary N) is 1. The molecule has 104 valence electrons. The van der Waals surface area contributed by atoms with E-state index in [-0.39, 0.29) is 5.84 Å². The molecular formula is C16H25N3. The predicted molar refractivity (Wildman–Crippen MR) is 80.4 cm³/mol. The number of hydrogen-bond donors (Lipinski definition) is 2. The lowest BCUT2D eigenvalue weighted by molar-refractivity contribution is 0.156. The average molecular weight is 259 g/mol. The van der Waals surface area contributed by atoms with Crippen molar-refractivity contribution in [2.24, 2.45) is 5.73 Å². The average Bonchev–Trinajstić information content (AvgIpc) is 2.46. The first-order valence-corrected chi connectivity index (χ1v) is 7.38. The highest BCUT2D eigenvalue weighted by molar-refractivity contribution is 5.94. The normalized spacial score (nSPS) is 16.7. The molecule has 19 heavy (non-hydrogen) atoms. The van der Waals surface area contributed by atoms with Gasteiger partial charge in [-0.05, 0) is 24.9 Å². The van der Waals surface area contributed by atoms with Crippen molar-refractivity contribution in [3.8, 4) is 0 Å². The minimum Gasteiger partial charge on any atom is -0.384 e. The third-order valence-corrected chi connectivity index (χ3v) is 4.15. The van der Waals surface area contributed by atoms with Crippen LogP contribution < -0.4 is 5.73 Å². The van der Waals surface area contributed by atoms with Crippen molar-refractivity contribution >= 4 is 5.84 Å². The summed E-state index contributed by atoms with van der Waals surface area (Å²) in [6.07, 6.45) is 6.86. The molecule has 1 fully saturated rings. The maximum atomic E-state index is 7.41. The maximum Gasteiger partial charge on any atom is 0.122 e. The number of nitrogens with one attached hydrogen (secondary N) is 1. The molecule has 1 aliphatic carbocycles. The number of hydrogen-bond acceptors (Lipinski definition) is 2. The van der Waals surface area contributed by atoms with Crippen molar-refractivity contribution in [3.63, 3.8) is 0 Å². The van der Waals surface area contributed by atoms with Crippen LogP contribution >= 0.6 is 0 Å². The van der Waals surface area contributed by atoms with E-state index >= 15 is 0 Å². The molecule has 3 nitrogen and oxygen atoms in total. The summed E-state index contributed by atoms with van der Waals surface area (Å²) in [6.45, 7) is 4.37. The van der Waals surface area contributed by atoms with Gasteiger partial charge < -0.3 is 5.73 Å². The molecule has 0 aromatic heterocycles. The van der Waals surface area contributed by atoms with E-state index in [4.69, 9.17) is 11.1 Å². The van der Waals surface area contributed by atoms with Gasteiger partial charge in [-0.15, -0.1) is 0 Å². The highest BCUT2D eigenvalue weighted by Crippen LogP contribution is 2.23. The summed E-state index contributed by atoms with van der Waals surface area (Å²) >= 11 is 0. The van der Waals surface area contributed by atoms with Gasteiger partial charge in [-0.3, -0.25) is 10.3 Å². The van der Waals surface area contributed by atoms with Crippen molar-refractivity contribution in [2.75, 3.05) is 6.54 Å². The molecule has 2 rings (SSSR count). The van der Waals surface area contributed by atoms with Gasteiger partial charge in [-0.25, -0.2) is 0 Å². The van der Waals surface area contributed by atoms with Crippen LogP contribution in [0.5, 0.6) is 0 Å². The summed E-state index contributed by atoms with van der Waals surface area (Å²) in [7, 11) is 0. The fraction of sp³-hybridized carbons (Fsp3) is 0.562. The first-order valence-electron chi connectivity index (χ1n) is 7.38. The Hall–Kier alpha value is -1.35. The standard InChI is InChI=1S/C16H25N3/c1-2-19(15-6-4-3-5-7-15)12-13-8-10-14(11-9-13)16(17)18/h8-11,15H,2-7,12H2,1H3,(H3,17,18). The fourth-order valence-corrected chi connectivity index (χ4v) is 2.97. The Morgan fingerprint density at radius 3 is 2.37 bits per heavy atom. The minimum atomic E-state index is 0.145. The van der Waals surface area contributed by atoms with Crippen LogP contribution in [-0.2, 0) is 6.54 Å². The van der Waals surface area contributed by atoms with Crippen LogP contribution in [0.4, 0.5) is 0 Å². The SMILES string of the molecule is CCN(Cc1ccc(C(=N)N)cc1)C1CCCCC1. The number of nitrogen functional groups attached to an aromatic ring is 1. The molecule has 0 heterocycles. The fourth-order valence-electron chi connectivity index (χ4n) is 2.97. The minimum absolute atomic E-state index is 0.145. The first-order chi connectivity index (χ1) is 9.20. The van der Waals surface area contributed by atoms with E-state index in [0.717, 1.165) is 24.7 Å². The molecule has 0 saturated heterocycles. The number of nitrogens with zero attached hydrogens (tertiary/aromatic N) is 1. The zero-order valence-electron chi connectivity index (χ0n) is 11.9. The quantitative estimate of drug-likeness (QED) is 0.630. The topological polar surface area (TPSA) is 53.1 Å². The molecule has 0 aliphatic heterocycles. The third kappa shape index (κ3) is 3.80. The molecule has 1 aromatic rings. The molecule has 1 saturated carbocycles. The van der Waals surface area contributed by atoms with Gasteiger partial charge in [0, 0.05) is 18.2 Å². The van der Waals surface area contributed by atoms with Gasteiger partial charge in [-0.1, -0.05) is 50.5 Å². The highest BCUT2D eigenvalue weighted by atomic mass is 15.1. The van der Waals surface area contributed by atoms with Crippen LogP contribution in [0.3, 0.4) is 0 Å². The molecule has 1 aromatic carbocycles. The van der Waals surface area contributed by atoms with Crippen LogP contribution in [0.1, 0.15) is 50.2 Å². The van der Waals surface area contributed by atoms with Crippen LogP contribution in [0, 0.1) is 5.41 Å². The number of rotatable bonds is 5. The molecule has 0 unspecified atom stereocenters. The Morgan fingerprint density at radius 1 is 1.21 bits per heavy atom. The second-order valence-electron chi connectivity index (χ2n) is 5.47. The molecule has 0 radical (unpaired) electrons. The Labute approximate surface area is 116 Å². The van der Waals surface area contributed by atoms with Gasteiger partial charge in [0.05, 0.1) is 0 Å². The van der Waals surface area contributed by atoms with Crippen molar-refractivity contribution < 1.29 is 0 Å². The highest BCUT2D eigenvalue weighted by Gasteiger charge is 2.19. The monoisotopic (exact) mass is 259 g/mol. The van der Waals surface area contributed by atoms with Crippen molar-refractivity contribution in [2.45, 2.75) is 51.6 Å². The lowest BCUT2D eigenvalue weighted by atomic mass is 9.94. The number of amidine groups is 1. The second kappa shape index (κ2) is 6.71. The summed E-state index contributed by atoms with van der Waals surface area (Å²) in [5, 5.41) is 7.41. The third-order valence-electron chi connectivity index (χ3n) is 4.15.